The Balaban J connectivity index is 4.27. The summed E-state index contributed by atoms with van der Waals surface area (Å²) >= 11 is 0. The van der Waals surface area contributed by atoms with Gasteiger partial charge < -0.3 is 25.0 Å². The Morgan fingerprint density at radius 2 is 1.80 bits per heavy atom. The van der Waals surface area contributed by atoms with Crippen LogP contribution in [0.3, 0.4) is 0 Å². The van der Waals surface area contributed by atoms with E-state index in [1.807, 2.05) is 0 Å². The number of aliphatic hydroxyl groups is 1. The number of hydrogen-bond donors (Lipinski definition) is 3. The van der Waals surface area contributed by atoms with Crippen molar-refractivity contribution in [1.29, 1.82) is 0 Å². The van der Waals surface area contributed by atoms with Crippen LogP contribution in [0.5, 0.6) is 0 Å². The molecule has 1 amide bonds. The largest absolute Gasteiger partial charge is 0.481 e. The van der Waals surface area contributed by atoms with Gasteiger partial charge in [0.1, 0.15) is 5.60 Å². The van der Waals surface area contributed by atoms with E-state index < -0.39 is 35.7 Å². The lowest BCUT2D eigenvalue weighted by Gasteiger charge is -2.21. The van der Waals surface area contributed by atoms with Gasteiger partial charge in [0.2, 0.25) is 0 Å². The Kier molecular flexibility index (Phi) is 6.98. The third kappa shape index (κ3) is 7.57. The molecule has 0 aliphatic heterocycles. The number of ether oxygens (including phenoxy) is 2. The van der Waals surface area contributed by atoms with Crippen molar-refractivity contribution >= 4 is 18.0 Å². The van der Waals surface area contributed by atoms with Crippen molar-refractivity contribution in [3.63, 3.8) is 0 Å². The maximum absolute atomic E-state index is 11.3. The number of alkyl carbamates (subject to hydrolysis) is 1. The summed E-state index contributed by atoms with van der Waals surface area (Å²) in [6.45, 7) is 4.82. The molecule has 116 valence electrons. The first-order valence-electron chi connectivity index (χ1n) is 6.02. The van der Waals surface area contributed by atoms with Crippen LogP contribution in [-0.2, 0) is 19.1 Å². The number of carboxylic acids is 1. The summed E-state index contributed by atoms with van der Waals surface area (Å²) in [4.78, 5) is 33.3. The van der Waals surface area contributed by atoms with Crippen LogP contribution >= 0.6 is 0 Å². The molecule has 0 aliphatic rings. The third-order valence-electron chi connectivity index (χ3n) is 2.17. The number of esters is 1. The lowest BCUT2D eigenvalue weighted by Crippen LogP contribution is -2.39. The molecule has 0 unspecified atom stereocenters. The van der Waals surface area contributed by atoms with E-state index in [9.17, 15) is 19.5 Å². The molecule has 2 atom stereocenters. The topological polar surface area (TPSA) is 122 Å². The average Bonchev–Trinajstić information content (AvgIpc) is 2.30. The summed E-state index contributed by atoms with van der Waals surface area (Å²) in [7, 11) is 1.06. The molecule has 0 aromatic heterocycles. The molecule has 8 nitrogen and oxygen atoms in total. The summed E-state index contributed by atoms with van der Waals surface area (Å²) in [5.74, 6) is -3.82. The van der Waals surface area contributed by atoms with Gasteiger partial charge in [0.05, 0.1) is 13.2 Å². The summed E-state index contributed by atoms with van der Waals surface area (Å²) in [6.07, 6.45) is -2.30. The molecule has 0 saturated heterocycles. The minimum Gasteiger partial charge on any atom is -0.481 e. The minimum absolute atomic E-state index is 0.227. The van der Waals surface area contributed by atoms with Crippen molar-refractivity contribution < 1.29 is 34.1 Å². The van der Waals surface area contributed by atoms with Gasteiger partial charge >= 0.3 is 18.0 Å². The number of carbonyl (C=O) groups excluding carboxylic acids is 2. The Morgan fingerprint density at radius 1 is 1.25 bits per heavy atom. The Hall–Kier alpha value is -1.83. The quantitative estimate of drug-likeness (QED) is 0.470. The normalized spacial score (nSPS) is 14.1. The zero-order valence-electron chi connectivity index (χ0n) is 12.0. The van der Waals surface area contributed by atoms with E-state index in [1.165, 1.54) is 0 Å². The second-order valence-electron chi connectivity index (χ2n) is 5.19. The fourth-order valence-electron chi connectivity index (χ4n) is 1.31. The molecular weight excluding hydrogens is 270 g/mol. The molecule has 0 bridgehead atoms. The Morgan fingerprint density at radius 3 is 2.20 bits per heavy atom. The molecule has 0 aliphatic carbocycles. The number of hydrogen-bond acceptors (Lipinski definition) is 6. The van der Waals surface area contributed by atoms with Gasteiger partial charge in [-0.1, -0.05) is 0 Å². The van der Waals surface area contributed by atoms with Crippen molar-refractivity contribution in [1.82, 2.24) is 5.32 Å². The molecule has 0 radical (unpaired) electrons. The van der Waals surface area contributed by atoms with Crippen LogP contribution in [-0.4, -0.2) is 53.6 Å². The summed E-state index contributed by atoms with van der Waals surface area (Å²) in [5, 5.41) is 20.7. The van der Waals surface area contributed by atoms with Crippen LogP contribution in [0.1, 0.15) is 27.2 Å². The van der Waals surface area contributed by atoms with E-state index in [0.29, 0.717) is 0 Å². The van der Waals surface area contributed by atoms with E-state index in [-0.39, 0.29) is 13.0 Å². The lowest BCUT2D eigenvalue weighted by molar-refractivity contribution is -0.158. The van der Waals surface area contributed by atoms with E-state index in [1.54, 1.807) is 20.8 Å². The maximum Gasteiger partial charge on any atom is 0.407 e. The zero-order chi connectivity index (χ0) is 15.9. The number of aliphatic carboxylic acids is 1. The molecule has 0 aromatic carbocycles. The van der Waals surface area contributed by atoms with E-state index in [0.717, 1.165) is 7.11 Å². The van der Waals surface area contributed by atoms with E-state index in [2.05, 4.69) is 10.1 Å². The number of methoxy groups -OCH3 is 1. The number of carboxylic acid groups (broad SMARTS) is 1. The maximum atomic E-state index is 11.3. The van der Waals surface area contributed by atoms with Crippen LogP contribution in [0.25, 0.3) is 0 Å². The zero-order valence-corrected chi connectivity index (χ0v) is 12.0. The van der Waals surface area contributed by atoms with Crippen molar-refractivity contribution in [2.45, 2.75) is 38.9 Å². The van der Waals surface area contributed by atoms with Crippen LogP contribution < -0.4 is 5.32 Å². The number of nitrogens with one attached hydrogen (secondary N) is 1. The molecule has 20 heavy (non-hydrogen) atoms. The van der Waals surface area contributed by atoms with Gasteiger partial charge in [0, 0.05) is 6.54 Å². The smallest absolute Gasteiger partial charge is 0.407 e. The number of amides is 1. The van der Waals surface area contributed by atoms with Crippen molar-refractivity contribution in [2.75, 3.05) is 13.7 Å². The fourth-order valence-corrected chi connectivity index (χ4v) is 1.31. The summed E-state index contributed by atoms with van der Waals surface area (Å²) < 4.78 is 9.26. The van der Waals surface area contributed by atoms with E-state index >= 15 is 0 Å². The third-order valence-corrected chi connectivity index (χ3v) is 2.17. The van der Waals surface area contributed by atoms with Crippen molar-refractivity contribution in [2.24, 2.45) is 5.92 Å². The van der Waals surface area contributed by atoms with Gasteiger partial charge in [-0.2, -0.15) is 0 Å². The first-order valence-corrected chi connectivity index (χ1v) is 6.02. The van der Waals surface area contributed by atoms with Crippen LogP contribution in [0, 0.1) is 5.92 Å². The first-order chi connectivity index (χ1) is 9.06. The molecule has 0 fully saturated rings. The Bertz CT molecular complexity index is 361. The van der Waals surface area contributed by atoms with Crippen molar-refractivity contribution in [3.05, 3.63) is 0 Å². The van der Waals surface area contributed by atoms with Gasteiger partial charge in [0.25, 0.3) is 0 Å². The highest BCUT2D eigenvalue weighted by molar-refractivity contribution is 5.93. The highest BCUT2D eigenvalue weighted by atomic mass is 16.6. The molecular formula is C12H21NO7. The second kappa shape index (κ2) is 7.68. The highest BCUT2D eigenvalue weighted by Crippen LogP contribution is 2.10. The van der Waals surface area contributed by atoms with Gasteiger partial charge in [-0.15, -0.1) is 0 Å². The number of carbonyl (C=O) groups is 3. The van der Waals surface area contributed by atoms with E-state index in [4.69, 9.17) is 9.84 Å². The second-order valence-corrected chi connectivity index (χ2v) is 5.19. The Labute approximate surface area is 117 Å². The summed E-state index contributed by atoms with van der Waals surface area (Å²) in [5.41, 5.74) is -0.676. The number of rotatable bonds is 6. The molecule has 0 rings (SSSR count). The molecule has 8 heteroatoms. The highest BCUT2D eigenvalue weighted by Gasteiger charge is 2.30. The standard InChI is InChI=1S/C12H21NO7/c1-12(2,3)20-11(18)13-6-7(14)5-8(9(15)16)10(17)19-4/h7-8,14H,5-6H2,1-4H3,(H,13,18)(H,15,16)/t7-,8-/m0/s1. The average molecular weight is 291 g/mol. The van der Waals surface area contributed by atoms with Gasteiger partial charge in [0.15, 0.2) is 5.92 Å². The summed E-state index contributed by atoms with van der Waals surface area (Å²) in [6, 6.07) is 0. The lowest BCUT2D eigenvalue weighted by atomic mass is 10.0. The molecule has 0 spiro atoms. The predicted molar refractivity (Wildman–Crippen MR) is 68.0 cm³/mol. The van der Waals surface area contributed by atoms with Gasteiger partial charge in [-0.05, 0) is 27.2 Å². The molecule has 0 saturated carbocycles. The molecule has 0 heterocycles. The first kappa shape index (κ1) is 18.2. The number of aliphatic hydroxyl groups excluding tert-OH is 1. The fraction of sp³-hybridized carbons (Fsp3) is 0.750. The molecule has 0 aromatic rings. The monoisotopic (exact) mass is 291 g/mol. The van der Waals surface area contributed by atoms with Crippen molar-refractivity contribution in [3.8, 4) is 0 Å². The SMILES string of the molecule is COC(=O)[C@@H](C[C@H](O)CNC(=O)OC(C)(C)C)C(=O)O. The molecule has 3 N–H and O–H groups in total. The predicted octanol–water partition coefficient (Wildman–Crippen LogP) is 0.136. The van der Waals surface area contributed by atoms with Crippen LogP contribution in [0.2, 0.25) is 0 Å². The van der Waals surface area contributed by atoms with Crippen LogP contribution in [0.15, 0.2) is 0 Å². The van der Waals surface area contributed by atoms with Crippen LogP contribution in [0.4, 0.5) is 4.79 Å². The van der Waals surface area contributed by atoms with Gasteiger partial charge in [-0.25, -0.2) is 4.79 Å². The van der Waals surface area contributed by atoms with Gasteiger partial charge in [-0.3, -0.25) is 9.59 Å². The minimum atomic E-state index is -1.48.